The maximum atomic E-state index is 3.97. The van der Waals surface area contributed by atoms with Crippen LogP contribution < -0.4 is 5.32 Å². The van der Waals surface area contributed by atoms with Gasteiger partial charge in [0, 0.05) is 12.6 Å². The van der Waals surface area contributed by atoms with Crippen molar-refractivity contribution in [2.75, 3.05) is 25.5 Å². The van der Waals surface area contributed by atoms with Gasteiger partial charge < -0.3 is 10.2 Å². The average molecular weight is 198 g/mol. The van der Waals surface area contributed by atoms with Gasteiger partial charge in [0.1, 0.15) is 5.51 Å². The maximum Gasteiger partial charge on any atom is 0.205 e. The molecule has 1 aliphatic rings. The zero-order valence-electron chi connectivity index (χ0n) is 7.73. The normalized spacial score (nSPS) is 24.5. The minimum atomic E-state index is 0.548. The van der Waals surface area contributed by atoms with Crippen LogP contribution in [-0.4, -0.2) is 41.3 Å². The first-order valence-electron chi connectivity index (χ1n) is 4.56. The molecule has 4 nitrogen and oxygen atoms in total. The minimum absolute atomic E-state index is 0.548. The number of nitrogens with zero attached hydrogens (tertiary/aromatic N) is 3. The van der Waals surface area contributed by atoms with E-state index >= 15 is 0 Å². The Morgan fingerprint density at radius 2 is 2.62 bits per heavy atom. The lowest BCUT2D eigenvalue weighted by atomic mass is 10.1. The second-order valence-electron chi connectivity index (χ2n) is 3.49. The minimum Gasteiger partial charge on any atom is -0.356 e. The standard InChI is InChI=1S/C8H14N4S/c1-12-4-2-3-7(5-12)10-8-11-9-6-13-8/h6-7H,2-5H2,1H3,(H,10,11). The van der Waals surface area contributed by atoms with Crippen LogP contribution in [-0.2, 0) is 0 Å². The first-order chi connectivity index (χ1) is 6.34. The fourth-order valence-corrected chi connectivity index (χ4v) is 2.22. The van der Waals surface area contributed by atoms with Gasteiger partial charge in [-0.2, -0.15) is 0 Å². The van der Waals surface area contributed by atoms with Gasteiger partial charge in [-0.3, -0.25) is 0 Å². The Morgan fingerprint density at radius 1 is 1.69 bits per heavy atom. The summed E-state index contributed by atoms with van der Waals surface area (Å²) in [5.74, 6) is 0. The van der Waals surface area contributed by atoms with E-state index in [1.165, 1.54) is 19.4 Å². The van der Waals surface area contributed by atoms with E-state index in [-0.39, 0.29) is 0 Å². The van der Waals surface area contributed by atoms with Gasteiger partial charge in [0.2, 0.25) is 5.13 Å². The van der Waals surface area contributed by atoms with Crippen LogP contribution in [0.4, 0.5) is 5.13 Å². The Hall–Kier alpha value is -0.680. The largest absolute Gasteiger partial charge is 0.356 e. The Morgan fingerprint density at radius 3 is 3.31 bits per heavy atom. The van der Waals surface area contributed by atoms with Crippen LogP contribution in [0.3, 0.4) is 0 Å². The van der Waals surface area contributed by atoms with Crippen molar-refractivity contribution in [3.63, 3.8) is 0 Å². The van der Waals surface area contributed by atoms with Gasteiger partial charge in [-0.15, -0.1) is 10.2 Å². The van der Waals surface area contributed by atoms with E-state index in [2.05, 4.69) is 27.5 Å². The summed E-state index contributed by atoms with van der Waals surface area (Å²) in [6.45, 7) is 2.33. The molecule has 1 N–H and O–H groups in total. The Labute approximate surface area is 82.0 Å². The highest BCUT2D eigenvalue weighted by atomic mass is 32.1. The van der Waals surface area contributed by atoms with E-state index in [1.54, 1.807) is 16.8 Å². The van der Waals surface area contributed by atoms with E-state index in [1.807, 2.05) is 0 Å². The maximum absolute atomic E-state index is 3.97. The van der Waals surface area contributed by atoms with Crippen molar-refractivity contribution in [2.45, 2.75) is 18.9 Å². The second-order valence-corrected chi connectivity index (χ2v) is 4.32. The Kier molecular flexibility index (Phi) is 2.75. The van der Waals surface area contributed by atoms with Crippen molar-refractivity contribution in [1.82, 2.24) is 15.1 Å². The predicted molar refractivity (Wildman–Crippen MR) is 54.1 cm³/mol. The van der Waals surface area contributed by atoms with Crippen LogP contribution in [0.5, 0.6) is 0 Å². The van der Waals surface area contributed by atoms with Crippen LogP contribution in [0, 0.1) is 0 Å². The third-order valence-electron chi connectivity index (χ3n) is 2.31. The van der Waals surface area contributed by atoms with Crippen molar-refractivity contribution >= 4 is 16.5 Å². The molecule has 1 atom stereocenters. The molecule has 2 heterocycles. The van der Waals surface area contributed by atoms with Crippen molar-refractivity contribution in [3.8, 4) is 0 Å². The first kappa shape index (κ1) is 8.90. The molecule has 1 fully saturated rings. The van der Waals surface area contributed by atoms with Crippen LogP contribution in [0.1, 0.15) is 12.8 Å². The fourth-order valence-electron chi connectivity index (χ4n) is 1.69. The zero-order valence-corrected chi connectivity index (χ0v) is 8.55. The number of likely N-dealkylation sites (tertiary alicyclic amines) is 1. The molecule has 0 radical (unpaired) electrons. The first-order valence-corrected chi connectivity index (χ1v) is 5.44. The van der Waals surface area contributed by atoms with Crippen LogP contribution >= 0.6 is 11.3 Å². The zero-order chi connectivity index (χ0) is 9.10. The summed E-state index contributed by atoms with van der Waals surface area (Å²) in [6.07, 6.45) is 2.51. The number of anilines is 1. The van der Waals surface area contributed by atoms with Gasteiger partial charge in [0.25, 0.3) is 0 Å². The van der Waals surface area contributed by atoms with Crippen molar-refractivity contribution < 1.29 is 0 Å². The van der Waals surface area contributed by atoms with Gasteiger partial charge in [-0.05, 0) is 26.4 Å². The third-order valence-corrected chi connectivity index (χ3v) is 2.93. The summed E-state index contributed by atoms with van der Waals surface area (Å²) in [5.41, 5.74) is 1.76. The fraction of sp³-hybridized carbons (Fsp3) is 0.750. The molecule has 0 aliphatic carbocycles. The van der Waals surface area contributed by atoms with Gasteiger partial charge in [-0.25, -0.2) is 0 Å². The lowest BCUT2D eigenvalue weighted by Crippen LogP contribution is -2.39. The molecule has 1 unspecified atom stereocenters. The van der Waals surface area contributed by atoms with E-state index in [0.717, 1.165) is 11.7 Å². The quantitative estimate of drug-likeness (QED) is 0.771. The van der Waals surface area contributed by atoms with Crippen LogP contribution in [0.15, 0.2) is 5.51 Å². The summed E-state index contributed by atoms with van der Waals surface area (Å²) >= 11 is 1.57. The molecule has 1 aromatic heterocycles. The Balaban J connectivity index is 1.87. The molecule has 0 bridgehead atoms. The summed E-state index contributed by atoms with van der Waals surface area (Å²) in [7, 11) is 2.16. The topological polar surface area (TPSA) is 41.0 Å². The summed E-state index contributed by atoms with van der Waals surface area (Å²) in [6, 6.07) is 0.548. The summed E-state index contributed by atoms with van der Waals surface area (Å²) in [4.78, 5) is 2.35. The molecular weight excluding hydrogens is 184 g/mol. The van der Waals surface area contributed by atoms with E-state index < -0.39 is 0 Å². The number of hydrogen-bond donors (Lipinski definition) is 1. The highest BCUT2D eigenvalue weighted by Gasteiger charge is 2.17. The molecule has 13 heavy (non-hydrogen) atoms. The smallest absolute Gasteiger partial charge is 0.205 e. The number of hydrogen-bond acceptors (Lipinski definition) is 5. The molecule has 0 spiro atoms. The van der Waals surface area contributed by atoms with Gasteiger partial charge in [-0.1, -0.05) is 11.3 Å². The number of piperidine rings is 1. The number of likely N-dealkylation sites (N-methyl/N-ethyl adjacent to an activating group) is 1. The highest BCUT2D eigenvalue weighted by molar-refractivity contribution is 7.13. The van der Waals surface area contributed by atoms with Crippen molar-refractivity contribution in [2.24, 2.45) is 0 Å². The SMILES string of the molecule is CN1CCCC(Nc2nncs2)C1. The molecule has 0 amide bonds. The van der Waals surface area contributed by atoms with Crippen molar-refractivity contribution in [3.05, 3.63) is 5.51 Å². The molecule has 0 aromatic carbocycles. The lowest BCUT2D eigenvalue weighted by molar-refractivity contribution is 0.261. The van der Waals surface area contributed by atoms with Crippen molar-refractivity contribution in [1.29, 1.82) is 0 Å². The number of rotatable bonds is 2. The Bertz CT molecular complexity index is 249. The summed E-state index contributed by atoms with van der Waals surface area (Å²) in [5, 5.41) is 12.1. The molecule has 0 saturated carbocycles. The van der Waals surface area contributed by atoms with Gasteiger partial charge in [0.15, 0.2) is 0 Å². The van der Waals surface area contributed by atoms with Crippen LogP contribution in [0.2, 0.25) is 0 Å². The third kappa shape index (κ3) is 2.38. The molecule has 5 heteroatoms. The van der Waals surface area contributed by atoms with Gasteiger partial charge in [0.05, 0.1) is 0 Å². The lowest BCUT2D eigenvalue weighted by Gasteiger charge is -2.29. The van der Waals surface area contributed by atoms with E-state index in [9.17, 15) is 0 Å². The molecule has 1 saturated heterocycles. The van der Waals surface area contributed by atoms with Gasteiger partial charge >= 0.3 is 0 Å². The van der Waals surface area contributed by atoms with E-state index in [4.69, 9.17) is 0 Å². The number of nitrogens with one attached hydrogen (secondary N) is 1. The number of aromatic nitrogens is 2. The molecule has 72 valence electrons. The average Bonchev–Trinajstić information content (AvgIpc) is 2.57. The van der Waals surface area contributed by atoms with E-state index in [0.29, 0.717) is 6.04 Å². The predicted octanol–water partition coefficient (Wildman–Crippen LogP) is 1.04. The molecule has 2 rings (SSSR count). The monoisotopic (exact) mass is 198 g/mol. The summed E-state index contributed by atoms with van der Waals surface area (Å²) < 4.78 is 0. The molecule has 1 aromatic rings. The van der Waals surface area contributed by atoms with Crippen LogP contribution in [0.25, 0.3) is 0 Å². The molecule has 1 aliphatic heterocycles. The highest BCUT2D eigenvalue weighted by Crippen LogP contribution is 2.15. The second kappa shape index (κ2) is 4.02. The molecular formula is C8H14N4S.